The van der Waals surface area contributed by atoms with Gasteiger partial charge in [-0.2, -0.15) is 0 Å². The van der Waals surface area contributed by atoms with Crippen molar-refractivity contribution in [2.45, 2.75) is 6.92 Å². The number of aromatic amines is 1. The summed E-state index contributed by atoms with van der Waals surface area (Å²) in [7, 11) is 1.70. The zero-order chi connectivity index (χ0) is 19.3. The molecule has 138 valence electrons. The maximum atomic E-state index is 6.15. The predicted octanol–water partition coefficient (Wildman–Crippen LogP) is 7.69. The predicted molar refractivity (Wildman–Crippen MR) is 121 cm³/mol. The smallest absolute Gasteiger partial charge is 0.119 e. The van der Waals surface area contributed by atoms with Crippen LogP contribution in [0.3, 0.4) is 0 Å². The monoisotopic (exact) mass is 403 g/mol. The van der Waals surface area contributed by atoms with Crippen molar-refractivity contribution < 1.29 is 4.74 Å². The van der Waals surface area contributed by atoms with Crippen molar-refractivity contribution in [1.82, 2.24) is 4.98 Å². The van der Waals surface area contributed by atoms with E-state index in [4.69, 9.17) is 16.3 Å². The highest BCUT2D eigenvalue weighted by molar-refractivity contribution is 7.22. The molecule has 0 saturated carbocycles. The third-order valence-corrected chi connectivity index (χ3v) is 6.75. The lowest BCUT2D eigenvalue weighted by atomic mass is 9.99. The number of rotatable bonds is 3. The van der Waals surface area contributed by atoms with Crippen LogP contribution in [-0.2, 0) is 0 Å². The van der Waals surface area contributed by atoms with Crippen LogP contribution in [0, 0.1) is 6.92 Å². The van der Waals surface area contributed by atoms with Crippen molar-refractivity contribution in [3.05, 3.63) is 77.3 Å². The third-order valence-electron chi connectivity index (χ3n) is 5.21. The normalized spacial score (nSPS) is 11.4. The summed E-state index contributed by atoms with van der Waals surface area (Å²) >= 11 is 7.97. The molecular weight excluding hydrogens is 386 g/mol. The zero-order valence-corrected chi connectivity index (χ0v) is 17.1. The van der Waals surface area contributed by atoms with E-state index in [9.17, 15) is 0 Å². The Hall–Kier alpha value is -2.75. The van der Waals surface area contributed by atoms with E-state index >= 15 is 0 Å². The van der Waals surface area contributed by atoms with Crippen LogP contribution >= 0.6 is 22.9 Å². The molecule has 0 saturated heterocycles. The van der Waals surface area contributed by atoms with Crippen LogP contribution in [0.4, 0.5) is 0 Å². The van der Waals surface area contributed by atoms with Crippen molar-refractivity contribution in [3.8, 4) is 27.4 Å². The topological polar surface area (TPSA) is 25.0 Å². The number of benzene rings is 3. The third kappa shape index (κ3) is 2.70. The number of fused-ring (bicyclic) bond motifs is 2. The van der Waals surface area contributed by atoms with Crippen molar-refractivity contribution in [2.24, 2.45) is 0 Å². The molecule has 5 rings (SSSR count). The van der Waals surface area contributed by atoms with Crippen LogP contribution in [0.25, 0.3) is 42.7 Å². The van der Waals surface area contributed by atoms with Crippen LogP contribution in [0.15, 0.2) is 66.7 Å². The number of H-pyrrole nitrogens is 1. The van der Waals surface area contributed by atoms with Crippen LogP contribution in [0.5, 0.6) is 5.75 Å². The summed E-state index contributed by atoms with van der Waals surface area (Å²) in [6.07, 6.45) is 0. The minimum atomic E-state index is 0.737. The Balaban J connectivity index is 1.86. The fourth-order valence-electron chi connectivity index (χ4n) is 3.80. The molecule has 3 aromatic carbocycles. The van der Waals surface area contributed by atoms with Gasteiger partial charge in [0, 0.05) is 26.2 Å². The lowest BCUT2D eigenvalue weighted by Crippen LogP contribution is -1.83. The van der Waals surface area contributed by atoms with Crippen LogP contribution in [0.2, 0.25) is 5.02 Å². The molecule has 0 aliphatic carbocycles. The van der Waals surface area contributed by atoms with E-state index in [0.717, 1.165) is 32.9 Å². The molecule has 2 aromatic heterocycles. The summed E-state index contributed by atoms with van der Waals surface area (Å²) in [5.41, 5.74) is 5.85. The van der Waals surface area contributed by atoms with Crippen molar-refractivity contribution in [1.29, 1.82) is 0 Å². The van der Waals surface area contributed by atoms with Crippen molar-refractivity contribution in [3.63, 3.8) is 0 Å². The van der Waals surface area contributed by atoms with E-state index in [2.05, 4.69) is 60.4 Å². The minimum Gasteiger partial charge on any atom is -0.497 e. The van der Waals surface area contributed by atoms with E-state index in [1.54, 1.807) is 7.11 Å². The molecule has 28 heavy (non-hydrogen) atoms. The standard InChI is InChI=1S/C24H18ClNOS/c1-14-18-5-3-4-6-21(18)28-24(14)23-22(15-7-9-16(25)10-8-15)19-13-17(27-2)11-12-20(19)26-23/h3-13,26H,1-2H3. The lowest BCUT2D eigenvalue weighted by molar-refractivity contribution is 0.415. The van der Waals surface area contributed by atoms with Gasteiger partial charge in [-0.3, -0.25) is 0 Å². The fraction of sp³-hybridized carbons (Fsp3) is 0.0833. The van der Waals surface area contributed by atoms with Gasteiger partial charge in [0.15, 0.2) is 0 Å². The summed E-state index contributed by atoms with van der Waals surface area (Å²) in [6, 6.07) is 22.8. The number of thiophene rings is 1. The average Bonchev–Trinajstić information content (AvgIpc) is 3.26. The molecular formula is C24H18ClNOS. The molecule has 0 unspecified atom stereocenters. The summed E-state index contributed by atoms with van der Waals surface area (Å²) in [4.78, 5) is 4.93. The van der Waals surface area contributed by atoms with Gasteiger partial charge in [0.05, 0.1) is 17.7 Å². The number of methoxy groups -OCH3 is 1. The average molecular weight is 404 g/mol. The maximum Gasteiger partial charge on any atom is 0.119 e. The molecule has 1 N–H and O–H groups in total. The first kappa shape index (κ1) is 17.4. The number of halogens is 1. The molecule has 0 fully saturated rings. The molecule has 0 bridgehead atoms. The maximum absolute atomic E-state index is 6.15. The largest absolute Gasteiger partial charge is 0.497 e. The molecule has 2 heterocycles. The van der Waals surface area contributed by atoms with Crippen molar-refractivity contribution >= 4 is 43.9 Å². The molecule has 4 heteroatoms. The van der Waals surface area contributed by atoms with E-state index in [1.165, 1.54) is 26.1 Å². The Morgan fingerprint density at radius 2 is 1.71 bits per heavy atom. The van der Waals surface area contributed by atoms with E-state index in [0.29, 0.717) is 0 Å². The van der Waals surface area contributed by atoms with E-state index in [1.807, 2.05) is 29.5 Å². The minimum absolute atomic E-state index is 0.737. The highest BCUT2D eigenvalue weighted by Gasteiger charge is 2.20. The quantitative estimate of drug-likeness (QED) is 0.328. The lowest BCUT2D eigenvalue weighted by Gasteiger charge is -2.06. The van der Waals surface area contributed by atoms with Crippen LogP contribution in [-0.4, -0.2) is 12.1 Å². The number of hydrogen-bond acceptors (Lipinski definition) is 2. The molecule has 0 radical (unpaired) electrons. The molecule has 0 spiro atoms. The first-order valence-electron chi connectivity index (χ1n) is 9.10. The van der Waals surface area contributed by atoms with Crippen molar-refractivity contribution in [2.75, 3.05) is 7.11 Å². The first-order chi connectivity index (χ1) is 13.7. The first-order valence-corrected chi connectivity index (χ1v) is 10.3. The van der Waals surface area contributed by atoms with Gasteiger partial charge >= 0.3 is 0 Å². The number of hydrogen-bond donors (Lipinski definition) is 1. The zero-order valence-electron chi connectivity index (χ0n) is 15.5. The number of ether oxygens (including phenoxy) is 1. The van der Waals surface area contributed by atoms with Gasteiger partial charge in [0.1, 0.15) is 5.75 Å². The van der Waals surface area contributed by atoms with E-state index < -0.39 is 0 Å². The second-order valence-corrected chi connectivity index (χ2v) is 8.33. The Morgan fingerprint density at radius 3 is 2.46 bits per heavy atom. The summed E-state index contributed by atoms with van der Waals surface area (Å²) < 4.78 is 6.79. The number of aromatic nitrogens is 1. The molecule has 0 atom stereocenters. The van der Waals surface area contributed by atoms with Crippen LogP contribution in [0.1, 0.15) is 5.56 Å². The SMILES string of the molecule is COc1ccc2[nH]c(-c3sc4ccccc4c3C)c(-c3ccc(Cl)cc3)c2c1. The Kier molecular flexibility index (Phi) is 4.15. The number of nitrogens with one attached hydrogen (secondary N) is 1. The second-order valence-electron chi connectivity index (χ2n) is 6.85. The van der Waals surface area contributed by atoms with Gasteiger partial charge < -0.3 is 9.72 Å². The highest BCUT2D eigenvalue weighted by Crippen LogP contribution is 2.45. The van der Waals surface area contributed by atoms with Crippen LogP contribution < -0.4 is 4.74 Å². The van der Waals surface area contributed by atoms with Gasteiger partial charge in [-0.25, -0.2) is 0 Å². The van der Waals surface area contributed by atoms with Gasteiger partial charge in [-0.05, 0) is 59.8 Å². The molecule has 2 nitrogen and oxygen atoms in total. The van der Waals surface area contributed by atoms with Gasteiger partial charge in [0.2, 0.25) is 0 Å². The Morgan fingerprint density at radius 1 is 0.929 bits per heavy atom. The molecule has 0 aliphatic rings. The summed E-state index contributed by atoms with van der Waals surface area (Å²) in [5, 5.41) is 3.19. The van der Waals surface area contributed by atoms with Gasteiger partial charge in [0.25, 0.3) is 0 Å². The second kappa shape index (κ2) is 6.69. The molecule has 0 aliphatic heterocycles. The molecule has 0 amide bonds. The Bertz CT molecular complexity index is 1310. The summed E-state index contributed by atoms with van der Waals surface area (Å²) in [6.45, 7) is 2.20. The highest BCUT2D eigenvalue weighted by atomic mass is 35.5. The Labute approximate surface area is 172 Å². The molecule has 5 aromatic rings. The summed E-state index contributed by atoms with van der Waals surface area (Å²) in [5.74, 6) is 0.848. The van der Waals surface area contributed by atoms with Gasteiger partial charge in [-0.15, -0.1) is 11.3 Å². The van der Waals surface area contributed by atoms with Gasteiger partial charge in [-0.1, -0.05) is 41.9 Å². The van der Waals surface area contributed by atoms with E-state index in [-0.39, 0.29) is 0 Å². The fourth-order valence-corrected chi connectivity index (χ4v) is 5.14. The number of aryl methyl sites for hydroxylation is 1.